The van der Waals surface area contributed by atoms with Crippen LogP contribution < -0.4 is 0 Å². The van der Waals surface area contributed by atoms with Crippen molar-refractivity contribution in [2.75, 3.05) is 0 Å². The summed E-state index contributed by atoms with van der Waals surface area (Å²) in [6.45, 7) is 0. The molecule has 1 aromatic carbocycles. The monoisotopic (exact) mass is 235 g/mol. The maximum atomic E-state index is 13.0. The van der Waals surface area contributed by atoms with E-state index in [1.807, 2.05) is 6.07 Å². The number of hydrogen-bond donors (Lipinski definition) is 0. The molecule has 0 bridgehead atoms. The predicted octanol–water partition coefficient (Wildman–Crippen LogP) is 3.76. The molecule has 0 fully saturated rings. The second kappa shape index (κ2) is 4.42. The lowest BCUT2D eigenvalue weighted by Crippen LogP contribution is -1.81. The van der Waals surface area contributed by atoms with E-state index in [2.05, 4.69) is 0 Å². The number of nitrogens with zero attached hydrogens (tertiary/aromatic N) is 1. The minimum Gasteiger partial charge on any atom is -0.207 e. The lowest BCUT2D eigenvalue weighted by Gasteiger charge is -1.98. The molecule has 2 rings (SSSR count). The molecule has 0 unspecified atom stereocenters. The van der Waals surface area contributed by atoms with Crippen molar-refractivity contribution in [3.8, 4) is 16.5 Å². The van der Waals surface area contributed by atoms with Gasteiger partial charge in [0.05, 0.1) is 12.5 Å². The van der Waals surface area contributed by atoms with Gasteiger partial charge in [-0.1, -0.05) is 0 Å². The number of rotatable bonds is 2. The average Bonchev–Trinajstić information content (AvgIpc) is 2.65. The number of benzene rings is 1. The van der Waals surface area contributed by atoms with Crippen molar-refractivity contribution in [3.63, 3.8) is 0 Å². The highest BCUT2D eigenvalue weighted by Gasteiger charge is 2.06. The Bertz CT molecular complexity index is 534. The summed E-state index contributed by atoms with van der Waals surface area (Å²) in [7, 11) is 0. The topological polar surface area (TPSA) is 23.8 Å². The maximum Gasteiger partial charge on any atom is 0.126 e. The van der Waals surface area contributed by atoms with Crippen LogP contribution >= 0.6 is 11.3 Å². The van der Waals surface area contributed by atoms with Crippen LogP contribution in [0.15, 0.2) is 30.3 Å². The van der Waals surface area contributed by atoms with Crippen LogP contribution in [0.1, 0.15) is 4.88 Å². The van der Waals surface area contributed by atoms with Crippen LogP contribution in [0.5, 0.6) is 0 Å². The van der Waals surface area contributed by atoms with E-state index in [1.165, 1.54) is 23.5 Å². The van der Waals surface area contributed by atoms with Crippen LogP contribution in [-0.2, 0) is 6.42 Å². The van der Waals surface area contributed by atoms with E-state index < -0.39 is 11.6 Å². The highest BCUT2D eigenvalue weighted by molar-refractivity contribution is 7.15. The van der Waals surface area contributed by atoms with Gasteiger partial charge in [0.25, 0.3) is 0 Å². The fraction of sp³-hybridized carbons (Fsp3) is 0.0833. The molecule has 0 aliphatic carbocycles. The Morgan fingerprint density at radius 2 is 1.81 bits per heavy atom. The van der Waals surface area contributed by atoms with Gasteiger partial charge in [-0.15, -0.1) is 11.3 Å². The SMILES string of the molecule is N#CCc1ccc(-c2cc(F)cc(F)c2)s1. The van der Waals surface area contributed by atoms with Crippen molar-refractivity contribution in [2.45, 2.75) is 6.42 Å². The van der Waals surface area contributed by atoms with E-state index in [1.54, 1.807) is 12.1 Å². The van der Waals surface area contributed by atoms with Crippen molar-refractivity contribution in [3.05, 3.63) is 46.8 Å². The molecule has 2 aromatic rings. The van der Waals surface area contributed by atoms with Gasteiger partial charge >= 0.3 is 0 Å². The quantitative estimate of drug-likeness (QED) is 0.777. The van der Waals surface area contributed by atoms with Gasteiger partial charge < -0.3 is 0 Å². The Morgan fingerprint density at radius 3 is 2.44 bits per heavy atom. The van der Waals surface area contributed by atoms with E-state index in [-0.39, 0.29) is 0 Å². The summed E-state index contributed by atoms with van der Waals surface area (Å²) >= 11 is 1.37. The molecule has 1 nitrogen and oxygen atoms in total. The molecule has 80 valence electrons. The van der Waals surface area contributed by atoms with E-state index in [9.17, 15) is 8.78 Å². The van der Waals surface area contributed by atoms with Crippen molar-refractivity contribution in [1.29, 1.82) is 5.26 Å². The number of hydrogen-bond acceptors (Lipinski definition) is 2. The third-order valence-electron chi connectivity index (χ3n) is 2.06. The third-order valence-corrected chi connectivity index (χ3v) is 3.20. The minimum absolute atomic E-state index is 0.322. The fourth-order valence-electron chi connectivity index (χ4n) is 1.40. The maximum absolute atomic E-state index is 13.0. The molecule has 0 spiro atoms. The first kappa shape index (κ1) is 10.8. The first-order valence-electron chi connectivity index (χ1n) is 4.61. The molecule has 0 saturated heterocycles. The second-order valence-corrected chi connectivity index (χ2v) is 4.43. The lowest BCUT2D eigenvalue weighted by molar-refractivity contribution is 0.584. The molecule has 0 atom stereocenters. The smallest absolute Gasteiger partial charge is 0.126 e. The van der Waals surface area contributed by atoms with Crippen molar-refractivity contribution >= 4 is 11.3 Å². The summed E-state index contributed by atoms with van der Waals surface area (Å²) in [4.78, 5) is 1.66. The first-order valence-corrected chi connectivity index (χ1v) is 5.43. The fourth-order valence-corrected chi connectivity index (χ4v) is 2.33. The number of thiophene rings is 1. The molecular weight excluding hydrogens is 228 g/mol. The molecule has 4 heteroatoms. The largest absolute Gasteiger partial charge is 0.207 e. The van der Waals surface area contributed by atoms with Gasteiger partial charge in [0.2, 0.25) is 0 Å². The molecular formula is C12H7F2NS. The molecule has 0 aliphatic heterocycles. The predicted molar refractivity (Wildman–Crippen MR) is 59.0 cm³/mol. The summed E-state index contributed by atoms with van der Waals surface area (Å²) in [5.74, 6) is -1.18. The summed E-state index contributed by atoms with van der Waals surface area (Å²) in [6.07, 6.45) is 0.322. The average molecular weight is 235 g/mol. The minimum atomic E-state index is -0.592. The number of nitriles is 1. The Balaban J connectivity index is 2.39. The summed E-state index contributed by atoms with van der Waals surface area (Å²) < 4.78 is 26.0. The molecule has 1 heterocycles. The molecule has 0 amide bonds. The standard InChI is InChI=1S/C12H7F2NS/c13-9-5-8(6-10(14)7-9)12-2-1-11(16-12)3-4-15/h1-2,5-7H,3H2. The highest BCUT2D eigenvalue weighted by Crippen LogP contribution is 2.29. The van der Waals surface area contributed by atoms with Crippen LogP contribution in [0, 0.1) is 23.0 Å². The van der Waals surface area contributed by atoms with Crippen molar-refractivity contribution in [1.82, 2.24) is 0 Å². The first-order chi connectivity index (χ1) is 7.69. The van der Waals surface area contributed by atoms with Gasteiger partial charge in [0.1, 0.15) is 11.6 Å². The van der Waals surface area contributed by atoms with Crippen LogP contribution in [0.3, 0.4) is 0 Å². The molecule has 0 saturated carbocycles. The van der Waals surface area contributed by atoms with Crippen molar-refractivity contribution < 1.29 is 8.78 Å². The zero-order valence-electron chi connectivity index (χ0n) is 8.21. The summed E-state index contributed by atoms with van der Waals surface area (Å²) in [5, 5.41) is 8.52. The van der Waals surface area contributed by atoms with Crippen LogP contribution in [0.2, 0.25) is 0 Å². The number of halogens is 2. The van der Waals surface area contributed by atoms with Crippen LogP contribution in [0.25, 0.3) is 10.4 Å². The molecule has 16 heavy (non-hydrogen) atoms. The third kappa shape index (κ3) is 2.26. The van der Waals surface area contributed by atoms with Gasteiger partial charge in [0.15, 0.2) is 0 Å². The molecule has 0 N–H and O–H groups in total. The second-order valence-electron chi connectivity index (χ2n) is 3.26. The summed E-state index contributed by atoms with van der Waals surface area (Å²) in [6, 6.07) is 9.01. The molecule has 1 aromatic heterocycles. The lowest BCUT2D eigenvalue weighted by atomic mass is 10.2. The Labute approximate surface area is 95.6 Å². The van der Waals surface area contributed by atoms with E-state index >= 15 is 0 Å². The van der Waals surface area contributed by atoms with Gasteiger partial charge in [-0.3, -0.25) is 0 Å². The van der Waals surface area contributed by atoms with Gasteiger partial charge in [-0.2, -0.15) is 5.26 Å². The van der Waals surface area contributed by atoms with Gasteiger partial charge in [0, 0.05) is 15.8 Å². The summed E-state index contributed by atoms with van der Waals surface area (Å²) in [5.41, 5.74) is 0.506. The van der Waals surface area contributed by atoms with Crippen molar-refractivity contribution in [2.24, 2.45) is 0 Å². The van der Waals surface area contributed by atoms with Crippen LogP contribution in [-0.4, -0.2) is 0 Å². The normalized spacial score (nSPS) is 10.1. The molecule has 0 aliphatic rings. The Kier molecular flexibility index (Phi) is 2.97. The highest BCUT2D eigenvalue weighted by atomic mass is 32.1. The zero-order chi connectivity index (χ0) is 11.5. The van der Waals surface area contributed by atoms with E-state index in [0.29, 0.717) is 12.0 Å². The molecule has 0 radical (unpaired) electrons. The zero-order valence-corrected chi connectivity index (χ0v) is 9.02. The Hall–Kier alpha value is -1.73. The van der Waals surface area contributed by atoms with Gasteiger partial charge in [-0.05, 0) is 29.8 Å². The van der Waals surface area contributed by atoms with Gasteiger partial charge in [-0.25, -0.2) is 8.78 Å². The van der Waals surface area contributed by atoms with E-state index in [0.717, 1.165) is 15.8 Å². The Morgan fingerprint density at radius 1 is 1.12 bits per heavy atom. The van der Waals surface area contributed by atoms with E-state index in [4.69, 9.17) is 5.26 Å². The van der Waals surface area contributed by atoms with Crippen LogP contribution in [0.4, 0.5) is 8.78 Å².